The monoisotopic (exact) mass is 270 g/mol. The third-order valence-corrected chi connectivity index (χ3v) is 2.75. The number of halogens is 1. The quantitative estimate of drug-likeness (QED) is 0.658. The Kier molecular flexibility index (Phi) is 5.00. The molecule has 0 saturated heterocycles. The van der Waals surface area contributed by atoms with Crippen LogP contribution in [0.2, 0.25) is 0 Å². The summed E-state index contributed by atoms with van der Waals surface area (Å²) in [5.74, 6) is -0.855. The van der Waals surface area contributed by atoms with Gasteiger partial charge in [0.15, 0.2) is 0 Å². The van der Waals surface area contributed by atoms with Crippen LogP contribution in [0.3, 0.4) is 0 Å². The third-order valence-electron chi connectivity index (χ3n) is 2.75. The van der Waals surface area contributed by atoms with Crippen molar-refractivity contribution in [2.24, 2.45) is 5.10 Å². The first-order valence-electron chi connectivity index (χ1n) is 6.37. The molecule has 2 aromatic carbocycles. The van der Waals surface area contributed by atoms with Gasteiger partial charge in [0.2, 0.25) is 0 Å². The van der Waals surface area contributed by atoms with Gasteiger partial charge in [-0.25, -0.2) is 9.82 Å². The molecule has 4 heteroatoms. The van der Waals surface area contributed by atoms with Crippen molar-refractivity contribution in [3.63, 3.8) is 0 Å². The average Bonchev–Trinajstić information content (AvgIpc) is 2.48. The number of amides is 1. The van der Waals surface area contributed by atoms with Crippen LogP contribution in [0, 0.1) is 5.82 Å². The van der Waals surface area contributed by atoms with Crippen LogP contribution in [0.25, 0.3) is 0 Å². The van der Waals surface area contributed by atoms with E-state index in [2.05, 4.69) is 10.5 Å². The topological polar surface area (TPSA) is 41.5 Å². The van der Waals surface area contributed by atoms with Crippen molar-refractivity contribution >= 4 is 12.1 Å². The maximum absolute atomic E-state index is 12.9. The summed E-state index contributed by atoms with van der Waals surface area (Å²) in [6.45, 7) is 0. The van der Waals surface area contributed by atoms with Gasteiger partial charge in [0, 0.05) is 11.8 Å². The van der Waals surface area contributed by atoms with Crippen molar-refractivity contribution in [3.8, 4) is 0 Å². The van der Waals surface area contributed by atoms with Crippen LogP contribution >= 0.6 is 0 Å². The molecule has 0 saturated carbocycles. The van der Waals surface area contributed by atoms with Gasteiger partial charge >= 0.3 is 0 Å². The van der Waals surface area contributed by atoms with E-state index in [0.717, 1.165) is 12.8 Å². The Morgan fingerprint density at radius 2 is 1.95 bits per heavy atom. The molecule has 2 rings (SSSR count). The van der Waals surface area contributed by atoms with E-state index in [1.165, 1.54) is 29.8 Å². The molecule has 0 aliphatic heterocycles. The lowest BCUT2D eigenvalue weighted by Gasteiger charge is -2.00. The number of rotatable bonds is 5. The van der Waals surface area contributed by atoms with E-state index < -0.39 is 11.7 Å². The highest BCUT2D eigenvalue weighted by atomic mass is 19.1. The number of aryl methyl sites for hydroxylation is 1. The van der Waals surface area contributed by atoms with E-state index in [1.807, 2.05) is 30.3 Å². The molecule has 0 aliphatic rings. The summed E-state index contributed by atoms with van der Waals surface area (Å²) in [7, 11) is 0. The van der Waals surface area contributed by atoms with E-state index in [1.54, 1.807) is 6.21 Å². The first kappa shape index (κ1) is 13.9. The Balaban J connectivity index is 1.77. The van der Waals surface area contributed by atoms with Crippen LogP contribution in [0.5, 0.6) is 0 Å². The highest BCUT2D eigenvalue weighted by Gasteiger charge is 2.04. The Labute approximate surface area is 117 Å². The Morgan fingerprint density at radius 3 is 2.70 bits per heavy atom. The predicted octanol–water partition coefficient (Wildman–Crippen LogP) is 3.17. The number of hydrogen-bond donors (Lipinski definition) is 1. The molecule has 2 aromatic rings. The van der Waals surface area contributed by atoms with Gasteiger partial charge in [-0.05, 0) is 36.6 Å². The van der Waals surface area contributed by atoms with Crippen LogP contribution in [0.15, 0.2) is 59.7 Å². The van der Waals surface area contributed by atoms with Crippen molar-refractivity contribution in [3.05, 3.63) is 71.5 Å². The van der Waals surface area contributed by atoms with Gasteiger partial charge in [-0.1, -0.05) is 36.4 Å². The Bertz CT molecular complexity index is 596. The molecule has 0 bridgehead atoms. The summed E-state index contributed by atoms with van der Waals surface area (Å²) in [5, 5.41) is 3.85. The second kappa shape index (κ2) is 7.19. The van der Waals surface area contributed by atoms with Gasteiger partial charge in [-0.3, -0.25) is 4.79 Å². The van der Waals surface area contributed by atoms with E-state index in [0.29, 0.717) is 0 Å². The molecule has 0 aliphatic carbocycles. The molecule has 102 valence electrons. The third kappa shape index (κ3) is 4.31. The molecule has 1 N–H and O–H groups in total. The van der Waals surface area contributed by atoms with E-state index in [9.17, 15) is 9.18 Å². The molecule has 3 nitrogen and oxygen atoms in total. The number of benzene rings is 2. The van der Waals surface area contributed by atoms with Crippen LogP contribution in [0.1, 0.15) is 22.3 Å². The fourth-order valence-electron chi connectivity index (χ4n) is 1.74. The van der Waals surface area contributed by atoms with Gasteiger partial charge < -0.3 is 0 Å². The first-order chi connectivity index (χ1) is 9.75. The molecule has 0 atom stereocenters. The second-order valence-corrected chi connectivity index (χ2v) is 4.29. The maximum atomic E-state index is 12.9. The summed E-state index contributed by atoms with van der Waals surface area (Å²) in [5.41, 5.74) is 3.85. The van der Waals surface area contributed by atoms with Crippen LogP contribution < -0.4 is 5.43 Å². The highest BCUT2D eigenvalue weighted by molar-refractivity contribution is 5.94. The Morgan fingerprint density at radius 1 is 1.15 bits per heavy atom. The zero-order valence-corrected chi connectivity index (χ0v) is 10.9. The standard InChI is InChI=1S/C16H15FN2O/c17-15-10-4-9-14(12-15)16(20)19-18-11-5-8-13-6-2-1-3-7-13/h1-4,6-7,9-12H,5,8H2,(H,19,20). The lowest BCUT2D eigenvalue weighted by Crippen LogP contribution is -2.17. The van der Waals surface area contributed by atoms with Crippen molar-refractivity contribution in [2.75, 3.05) is 0 Å². The number of hydrogen-bond acceptors (Lipinski definition) is 2. The second-order valence-electron chi connectivity index (χ2n) is 4.29. The average molecular weight is 270 g/mol. The Hall–Kier alpha value is -2.49. The number of carbonyl (C=O) groups excluding carboxylic acids is 1. The van der Waals surface area contributed by atoms with Gasteiger partial charge in [0.1, 0.15) is 5.82 Å². The molecule has 0 unspecified atom stereocenters. The molecular weight excluding hydrogens is 255 g/mol. The fraction of sp³-hybridized carbons (Fsp3) is 0.125. The van der Waals surface area contributed by atoms with E-state index >= 15 is 0 Å². The SMILES string of the molecule is O=C(NN=CCCc1ccccc1)c1cccc(F)c1. The summed E-state index contributed by atoms with van der Waals surface area (Å²) in [4.78, 5) is 11.6. The smallest absolute Gasteiger partial charge is 0.267 e. The van der Waals surface area contributed by atoms with Crippen molar-refractivity contribution < 1.29 is 9.18 Å². The number of carbonyl (C=O) groups is 1. The van der Waals surface area contributed by atoms with Gasteiger partial charge in [-0.15, -0.1) is 0 Å². The molecule has 0 heterocycles. The highest BCUT2D eigenvalue weighted by Crippen LogP contribution is 2.03. The van der Waals surface area contributed by atoms with Crippen molar-refractivity contribution in [1.82, 2.24) is 5.43 Å². The molecule has 0 aromatic heterocycles. The summed E-state index contributed by atoms with van der Waals surface area (Å²) in [6, 6.07) is 15.5. The minimum absolute atomic E-state index is 0.255. The van der Waals surface area contributed by atoms with Crippen LogP contribution in [-0.2, 0) is 6.42 Å². The molecule has 20 heavy (non-hydrogen) atoms. The largest absolute Gasteiger partial charge is 0.271 e. The van der Waals surface area contributed by atoms with Crippen molar-refractivity contribution in [1.29, 1.82) is 0 Å². The maximum Gasteiger partial charge on any atom is 0.271 e. The summed E-state index contributed by atoms with van der Waals surface area (Å²) >= 11 is 0. The molecular formula is C16H15FN2O. The molecule has 0 radical (unpaired) electrons. The molecule has 1 amide bonds. The van der Waals surface area contributed by atoms with Gasteiger partial charge in [0.05, 0.1) is 0 Å². The minimum Gasteiger partial charge on any atom is -0.267 e. The first-order valence-corrected chi connectivity index (χ1v) is 6.37. The lowest BCUT2D eigenvalue weighted by molar-refractivity contribution is 0.0954. The lowest BCUT2D eigenvalue weighted by atomic mass is 10.1. The number of nitrogens with zero attached hydrogens (tertiary/aromatic N) is 1. The number of hydrazone groups is 1. The zero-order chi connectivity index (χ0) is 14.2. The normalized spacial score (nSPS) is 10.7. The minimum atomic E-state index is -0.439. The van der Waals surface area contributed by atoms with Crippen molar-refractivity contribution in [2.45, 2.75) is 12.8 Å². The van der Waals surface area contributed by atoms with Crippen LogP contribution in [0.4, 0.5) is 4.39 Å². The predicted molar refractivity (Wildman–Crippen MR) is 77.1 cm³/mol. The zero-order valence-electron chi connectivity index (χ0n) is 10.9. The summed E-state index contributed by atoms with van der Waals surface area (Å²) in [6.07, 6.45) is 3.23. The van der Waals surface area contributed by atoms with Gasteiger partial charge in [0.25, 0.3) is 5.91 Å². The molecule has 0 fully saturated rings. The number of nitrogens with one attached hydrogen (secondary N) is 1. The van der Waals surface area contributed by atoms with E-state index in [-0.39, 0.29) is 5.56 Å². The van der Waals surface area contributed by atoms with E-state index in [4.69, 9.17) is 0 Å². The summed E-state index contributed by atoms with van der Waals surface area (Å²) < 4.78 is 12.9. The fourth-order valence-corrected chi connectivity index (χ4v) is 1.74. The molecule has 0 spiro atoms. The van der Waals surface area contributed by atoms with Crippen LogP contribution in [-0.4, -0.2) is 12.1 Å². The van der Waals surface area contributed by atoms with Gasteiger partial charge in [-0.2, -0.15) is 5.10 Å².